The number of carbonyl (C=O) groups is 2. The topological polar surface area (TPSA) is 125 Å². The van der Waals surface area contributed by atoms with Gasteiger partial charge in [0.15, 0.2) is 0 Å². The van der Waals surface area contributed by atoms with Crippen LogP contribution in [-0.4, -0.2) is 26.9 Å². The third-order valence-corrected chi connectivity index (χ3v) is 2.91. The van der Waals surface area contributed by atoms with Crippen LogP contribution in [0.25, 0.3) is 0 Å². The summed E-state index contributed by atoms with van der Waals surface area (Å²) in [6, 6.07) is 5.26. The summed E-state index contributed by atoms with van der Waals surface area (Å²) in [6.45, 7) is 0. The van der Waals surface area contributed by atoms with Gasteiger partial charge in [-0.2, -0.15) is 0 Å². The van der Waals surface area contributed by atoms with Gasteiger partial charge in [-0.3, -0.25) is 14.9 Å². The number of carboxylic acid groups (broad SMARTS) is 1. The molecule has 0 saturated heterocycles. The van der Waals surface area contributed by atoms with Crippen LogP contribution in [0.15, 0.2) is 30.5 Å². The van der Waals surface area contributed by atoms with E-state index in [4.69, 9.17) is 16.7 Å². The molecule has 0 atom stereocenters. The highest BCUT2D eigenvalue weighted by atomic mass is 35.5. The molecule has 1 aromatic carbocycles. The van der Waals surface area contributed by atoms with Crippen molar-refractivity contribution in [3.8, 4) is 0 Å². The molecule has 0 saturated carbocycles. The quantitative estimate of drug-likeness (QED) is 0.591. The minimum Gasteiger partial charge on any atom is -0.478 e. The van der Waals surface area contributed by atoms with Gasteiger partial charge in [-0.15, -0.1) is 0 Å². The van der Waals surface area contributed by atoms with E-state index >= 15 is 0 Å². The number of H-pyrrole nitrogens is 1. The Morgan fingerprint density at radius 3 is 2.67 bits per heavy atom. The van der Waals surface area contributed by atoms with Crippen LogP contribution in [0.3, 0.4) is 0 Å². The Bertz CT molecular complexity index is 740. The molecule has 1 amide bonds. The summed E-state index contributed by atoms with van der Waals surface area (Å²) in [7, 11) is 0. The minimum absolute atomic E-state index is 0.00254. The Hall–Kier alpha value is -2.87. The number of aromatic amines is 1. The van der Waals surface area contributed by atoms with Gasteiger partial charge in [-0.1, -0.05) is 17.7 Å². The van der Waals surface area contributed by atoms with Crippen molar-refractivity contribution >= 4 is 34.9 Å². The number of nitrogens with zero attached hydrogens (tertiary/aromatic N) is 1. The molecule has 0 radical (unpaired) electrons. The van der Waals surface area contributed by atoms with E-state index in [0.29, 0.717) is 0 Å². The maximum atomic E-state index is 11.9. The number of hydrogen-bond donors (Lipinski definition) is 3. The zero-order chi connectivity index (χ0) is 15.6. The van der Waals surface area contributed by atoms with Gasteiger partial charge >= 0.3 is 5.97 Å². The average Bonchev–Trinajstić information content (AvgIpc) is 2.88. The van der Waals surface area contributed by atoms with Crippen molar-refractivity contribution in [2.24, 2.45) is 0 Å². The lowest BCUT2D eigenvalue weighted by Gasteiger charge is -2.08. The SMILES string of the molecule is O=C(Nc1cccc(Cl)c1C(=O)O)c1cc([N+](=O)[O-])c[nH]1. The number of rotatable bonds is 4. The lowest BCUT2D eigenvalue weighted by molar-refractivity contribution is -0.384. The number of carbonyl (C=O) groups excluding carboxylic acids is 1. The minimum atomic E-state index is -1.30. The summed E-state index contributed by atoms with van der Waals surface area (Å²) >= 11 is 5.77. The molecule has 1 heterocycles. The van der Waals surface area contributed by atoms with Crippen molar-refractivity contribution in [1.29, 1.82) is 0 Å². The van der Waals surface area contributed by atoms with Gasteiger partial charge in [-0.25, -0.2) is 4.79 Å². The molecule has 2 aromatic rings. The third kappa shape index (κ3) is 3.00. The maximum Gasteiger partial charge on any atom is 0.339 e. The predicted molar refractivity (Wildman–Crippen MR) is 73.8 cm³/mol. The molecule has 108 valence electrons. The van der Waals surface area contributed by atoms with Gasteiger partial charge in [0, 0.05) is 6.07 Å². The smallest absolute Gasteiger partial charge is 0.339 e. The van der Waals surface area contributed by atoms with E-state index in [9.17, 15) is 19.7 Å². The van der Waals surface area contributed by atoms with E-state index in [1.807, 2.05) is 0 Å². The lowest BCUT2D eigenvalue weighted by Crippen LogP contribution is -2.15. The van der Waals surface area contributed by atoms with Gasteiger partial charge in [-0.05, 0) is 12.1 Å². The summed E-state index contributed by atoms with van der Waals surface area (Å²) in [4.78, 5) is 35.4. The number of hydrogen-bond acceptors (Lipinski definition) is 4. The highest BCUT2D eigenvalue weighted by Crippen LogP contribution is 2.25. The van der Waals surface area contributed by atoms with Crippen molar-refractivity contribution in [2.75, 3.05) is 5.32 Å². The van der Waals surface area contributed by atoms with Crippen LogP contribution < -0.4 is 5.32 Å². The molecule has 0 unspecified atom stereocenters. The first-order valence-electron chi connectivity index (χ1n) is 5.56. The van der Waals surface area contributed by atoms with Gasteiger partial charge in [0.25, 0.3) is 11.6 Å². The van der Waals surface area contributed by atoms with Gasteiger partial charge in [0.05, 0.1) is 21.8 Å². The molecule has 0 spiro atoms. The highest BCUT2D eigenvalue weighted by molar-refractivity contribution is 6.34. The summed E-state index contributed by atoms with van der Waals surface area (Å²) < 4.78 is 0. The number of aromatic carboxylic acids is 1. The molecule has 21 heavy (non-hydrogen) atoms. The van der Waals surface area contributed by atoms with Crippen molar-refractivity contribution in [3.63, 3.8) is 0 Å². The molecule has 3 N–H and O–H groups in total. The first-order valence-corrected chi connectivity index (χ1v) is 5.94. The molecule has 0 aliphatic carbocycles. The largest absolute Gasteiger partial charge is 0.478 e. The van der Waals surface area contributed by atoms with Gasteiger partial charge in [0.2, 0.25) is 0 Å². The van der Waals surface area contributed by atoms with E-state index in [1.165, 1.54) is 18.2 Å². The third-order valence-electron chi connectivity index (χ3n) is 2.60. The highest BCUT2D eigenvalue weighted by Gasteiger charge is 2.19. The fourth-order valence-electron chi connectivity index (χ4n) is 1.65. The van der Waals surface area contributed by atoms with Gasteiger partial charge < -0.3 is 15.4 Å². The van der Waals surface area contributed by atoms with Gasteiger partial charge in [0.1, 0.15) is 11.3 Å². The molecule has 0 aliphatic heterocycles. The fourth-order valence-corrected chi connectivity index (χ4v) is 1.91. The number of aromatic nitrogens is 1. The molecule has 0 aliphatic rings. The van der Waals surface area contributed by atoms with E-state index in [1.54, 1.807) is 0 Å². The zero-order valence-corrected chi connectivity index (χ0v) is 11.0. The van der Waals surface area contributed by atoms with E-state index < -0.39 is 16.8 Å². The van der Waals surface area contributed by atoms with Crippen molar-refractivity contribution in [2.45, 2.75) is 0 Å². The molecule has 0 bridgehead atoms. The van der Waals surface area contributed by atoms with Crippen molar-refractivity contribution < 1.29 is 19.6 Å². The summed E-state index contributed by atoms with van der Waals surface area (Å²) in [5.74, 6) is -2.01. The van der Waals surface area contributed by atoms with Crippen LogP contribution in [0.5, 0.6) is 0 Å². The normalized spacial score (nSPS) is 10.1. The van der Waals surface area contributed by atoms with E-state index in [0.717, 1.165) is 12.3 Å². The molecule has 8 nitrogen and oxygen atoms in total. The van der Waals surface area contributed by atoms with E-state index in [-0.39, 0.29) is 27.7 Å². The summed E-state index contributed by atoms with van der Waals surface area (Å²) in [5.41, 5.74) is -0.603. The first-order chi connectivity index (χ1) is 9.90. The molecule has 0 fully saturated rings. The second-order valence-electron chi connectivity index (χ2n) is 3.95. The predicted octanol–water partition coefficient (Wildman–Crippen LogP) is 2.53. The number of nitrogens with one attached hydrogen (secondary N) is 2. The summed E-state index contributed by atoms with van der Waals surface area (Å²) in [6.07, 6.45) is 1.06. The molecular formula is C12H8ClN3O5. The van der Waals surface area contributed by atoms with E-state index in [2.05, 4.69) is 10.3 Å². The first kappa shape index (κ1) is 14.5. The second-order valence-corrected chi connectivity index (χ2v) is 4.36. The number of carboxylic acids is 1. The molecule has 1 aromatic heterocycles. The van der Waals surface area contributed by atoms with Crippen LogP contribution in [0.2, 0.25) is 5.02 Å². The lowest BCUT2D eigenvalue weighted by atomic mass is 10.1. The number of amides is 1. The number of benzene rings is 1. The monoisotopic (exact) mass is 309 g/mol. The van der Waals surface area contributed by atoms with Crippen molar-refractivity contribution in [3.05, 3.63) is 56.9 Å². The maximum absolute atomic E-state index is 11.9. The number of halogens is 1. The second kappa shape index (κ2) is 5.63. The Balaban J connectivity index is 2.29. The van der Waals surface area contributed by atoms with Crippen LogP contribution in [0, 0.1) is 10.1 Å². The van der Waals surface area contributed by atoms with Crippen LogP contribution in [0.1, 0.15) is 20.8 Å². The van der Waals surface area contributed by atoms with Crippen molar-refractivity contribution in [1.82, 2.24) is 4.98 Å². The Kier molecular flexibility index (Phi) is 3.90. The fraction of sp³-hybridized carbons (Fsp3) is 0. The Labute approximate surface area is 122 Å². The summed E-state index contributed by atoms with van der Waals surface area (Å²) in [5, 5.41) is 21.9. The van der Waals surface area contributed by atoms with Crippen LogP contribution >= 0.6 is 11.6 Å². The Morgan fingerprint density at radius 1 is 1.38 bits per heavy atom. The average molecular weight is 310 g/mol. The van der Waals surface area contributed by atoms with Crippen LogP contribution in [-0.2, 0) is 0 Å². The standard InChI is InChI=1S/C12H8ClN3O5/c13-7-2-1-3-8(10(7)12(18)19)15-11(17)9-4-6(5-14-9)16(20)21/h1-5,14H,(H,15,17)(H,18,19). The van der Waals surface area contributed by atoms with Crippen LogP contribution in [0.4, 0.5) is 11.4 Å². The zero-order valence-electron chi connectivity index (χ0n) is 10.3. The molecule has 9 heteroatoms. The number of nitro groups is 1. The molecule has 2 rings (SSSR count). The number of anilines is 1. The Morgan fingerprint density at radius 2 is 2.10 bits per heavy atom. The molecular weight excluding hydrogens is 302 g/mol.